The number of pyridine rings is 1. The monoisotopic (exact) mass is 266 g/mol. The van der Waals surface area contributed by atoms with E-state index in [0.29, 0.717) is 0 Å². The number of nitrogens with two attached hydrogens (primary N) is 1. The number of hydrogen-bond donors (Lipinski definition) is 3. The summed E-state index contributed by atoms with van der Waals surface area (Å²) in [5.74, 6) is -0.831. The van der Waals surface area contributed by atoms with Crippen molar-refractivity contribution in [1.82, 2.24) is 4.98 Å². The summed E-state index contributed by atoms with van der Waals surface area (Å²) in [4.78, 5) is 24.0. The quantitative estimate of drug-likeness (QED) is 0.460. The highest BCUT2D eigenvalue weighted by atomic mass is 16.6. The summed E-state index contributed by atoms with van der Waals surface area (Å²) < 4.78 is 0. The fourth-order valence-electron chi connectivity index (χ4n) is 1.40. The highest BCUT2D eigenvalue weighted by Crippen LogP contribution is 2.24. The molecule has 1 aromatic heterocycles. The smallest absolute Gasteiger partial charge is 0.306 e. The number of nitrogens with zero attached hydrogens (tertiary/aromatic N) is 3. The molecule has 0 saturated carbocycles. The maximum Gasteiger partial charge on any atom is 0.306 e. The summed E-state index contributed by atoms with van der Waals surface area (Å²) in [6.07, 6.45) is -2.56. The van der Waals surface area contributed by atoms with Crippen molar-refractivity contribution in [2.24, 2.45) is 5.73 Å². The van der Waals surface area contributed by atoms with Gasteiger partial charge in [0.15, 0.2) is 0 Å². The van der Waals surface area contributed by atoms with Gasteiger partial charge in [-0.05, 0) is 0 Å². The number of carbonyl (C=O) groups excluding carboxylic acids is 1. The summed E-state index contributed by atoms with van der Waals surface area (Å²) in [6, 6.07) is 2.45. The minimum absolute atomic E-state index is 0.0838. The molecule has 4 N–H and O–H groups in total. The van der Waals surface area contributed by atoms with Gasteiger partial charge in [0.05, 0.1) is 17.4 Å². The first-order valence-electron chi connectivity index (χ1n) is 5.05. The fraction of sp³-hybridized carbons (Fsp3) is 0.300. The van der Waals surface area contributed by atoms with Crippen molar-refractivity contribution >= 4 is 11.6 Å². The van der Waals surface area contributed by atoms with Crippen molar-refractivity contribution in [2.75, 3.05) is 0 Å². The van der Waals surface area contributed by atoms with Crippen molar-refractivity contribution in [2.45, 2.75) is 18.6 Å². The average Bonchev–Trinajstić information content (AvgIpc) is 2.36. The van der Waals surface area contributed by atoms with Crippen LogP contribution in [0.5, 0.6) is 0 Å². The lowest BCUT2D eigenvalue weighted by Gasteiger charge is -2.16. The second-order valence-corrected chi connectivity index (χ2v) is 3.69. The van der Waals surface area contributed by atoms with Crippen LogP contribution >= 0.6 is 0 Å². The number of aliphatic hydroxyl groups is 2. The Bertz CT molecular complexity index is 553. The Hall–Kier alpha value is -2.57. The van der Waals surface area contributed by atoms with E-state index in [4.69, 9.17) is 11.0 Å². The molecule has 1 aromatic rings. The molecule has 19 heavy (non-hydrogen) atoms. The molecule has 0 aliphatic rings. The number of rotatable bonds is 5. The first kappa shape index (κ1) is 14.5. The second-order valence-electron chi connectivity index (χ2n) is 3.69. The van der Waals surface area contributed by atoms with E-state index in [1.54, 1.807) is 0 Å². The molecule has 0 fully saturated rings. The summed E-state index contributed by atoms with van der Waals surface area (Å²) in [7, 11) is 0. The Morgan fingerprint density at radius 1 is 1.63 bits per heavy atom. The third kappa shape index (κ3) is 3.44. The van der Waals surface area contributed by atoms with E-state index >= 15 is 0 Å². The number of amides is 1. The van der Waals surface area contributed by atoms with Crippen molar-refractivity contribution in [3.63, 3.8) is 0 Å². The third-order valence-electron chi connectivity index (χ3n) is 2.31. The van der Waals surface area contributed by atoms with Crippen LogP contribution in [0.1, 0.15) is 23.8 Å². The molecule has 0 bridgehead atoms. The largest absolute Gasteiger partial charge is 0.390 e. The summed E-state index contributed by atoms with van der Waals surface area (Å²) >= 11 is 0. The van der Waals surface area contributed by atoms with Crippen LogP contribution in [0.4, 0.5) is 5.69 Å². The molecule has 0 radical (unpaired) electrons. The maximum atomic E-state index is 10.7. The highest BCUT2D eigenvalue weighted by molar-refractivity contribution is 5.74. The van der Waals surface area contributed by atoms with Crippen LogP contribution in [-0.2, 0) is 4.79 Å². The van der Waals surface area contributed by atoms with Gasteiger partial charge in [0.1, 0.15) is 12.2 Å². The van der Waals surface area contributed by atoms with Gasteiger partial charge in [0.25, 0.3) is 0 Å². The Morgan fingerprint density at radius 2 is 2.26 bits per heavy atom. The first-order chi connectivity index (χ1) is 8.86. The molecule has 2 atom stereocenters. The van der Waals surface area contributed by atoms with Gasteiger partial charge in [-0.2, -0.15) is 5.26 Å². The summed E-state index contributed by atoms with van der Waals surface area (Å²) in [5, 5.41) is 38.5. The Kier molecular flexibility index (Phi) is 4.46. The number of aliphatic hydroxyl groups excluding tert-OH is 2. The number of aromatic nitrogens is 1. The molecule has 1 amide bonds. The molecular formula is C10H10N4O5. The van der Waals surface area contributed by atoms with E-state index in [-0.39, 0.29) is 5.56 Å². The number of carbonyl (C=O) groups is 1. The number of nitro groups is 1. The van der Waals surface area contributed by atoms with Gasteiger partial charge in [-0.3, -0.25) is 14.9 Å². The van der Waals surface area contributed by atoms with Crippen LogP contribution in [0.15, 0.2) is 12.3 Å². The van der Waals surface area contributed by atoms with Crippen LogP contribution < -0.4 is 5.73 Å². The molecule has 1 heterocycles. The number of nitriles is 1. The molecule has 0 aromatic carbocycles. The Labute approximate surface area is 107 Å². The van der Waals surface area contributed by atoms with Gasteiger partial charge in [0, 0.05) is 17.8 Å². The van der Waals surface area contributed by atoms with E-state index in [1.807, 2.05) is 0 Å². The molecule has 0 saturated heterocycles. The van der Waals surface area contributed by atoms with Gasteiger partial charge >= 0.3 is 5.69 Å². The highest BCUT2D eigenvalue weighted by Gasteiger charge is 2.24. The van der Waals surface area contributed by atoms with E-state index < -0.39 is 40.8 Å². The zero-order valence-electron chi connectivity index (χ0n) is 9.55. The lowest BCUT2D eigenvalue weighted by molar-refractivity contribution is -0.385. The third-order valence-corrected chi connectivity index (χ3v) is 2.31. The van der Waals surface area contributed by atoms with Gasteiger partial charge < -0.3 is 15.9 Å². The van der Waals surface area contributed by atoms with Crippen LogP contribution in [0, 0.1) is 21.4 Å². The molecule has 100 valence electrons. The Balaban J connectivity index is 3.08. The molecule has 0 spiro atoms. The van der Waals surface area contributed by atoms with Crippen LogP contribution in [0.25, 0.3) is 0 Å². The molecule has 9 nitrogen and oxygen atoms in total. The zero-order valence-corrected chi connectivity index (χ0v) is 9.55. The fourth-order valence-corrected chi connectivity index (χ4v) is 1.40. The van der Waals surface area contributed by atoms with Crippen LogP contribution in [0.3, 0.4) is 0 Å². The van der Waals surface area contributed by atoms with E-state index in [0.717, 1.165) is 12.3 Å². The standard InChI is InChI=1S/C10H10N4O5/c11-3-6-7(14(18)19)1-5(4-13-6)10(17)8(15)2-9(12)16/h1,4,8,10,15,17H,2H2,(H2,12,16). The molecule has 0 aliphatic carbocycles. The summed E-state index contributed by atoms with van der Waals surface area (Å²) in [6.45, 7) is 0. The Morgan fingerprint density at radius 3 is 2.74 bits per heavy atom. The maximum absolute atomic E-state index is 10.7. The SMILES string of the molecule is N#Cc1ncc(C(O)C(O)CC(N)=O)cc1[N+](=O)[O-]. The van der Waals surface area contributed by atoms with E-state index in [1.165, 1.54) is 6.07 Å². The van der Waals surface area contributed by atoms with Gasteiger partial charge in [0.2, 0.25) is 11.6 Å². The molecule has 2 unspecified atom stereocenters. The minimum Gasteiger partial charge on any atom is -0.390 e. The predicted octanol–water partition coefficient (Wildman–Crippen LogP) is -0.869. The van der Waals surface area contributed by atoms with Gasteiger partial charge in [-0.15, -0.1) is 0 Å². The summed E-state index contributed by atoms with van der Waals surface area (Å²) in [5.41, 5.74) is 3.77. The van der Waals surface area contributed by atoms with Gasteiger partial charge in [-0.25, -0.2) is 4.98 Å². The molecule has 1 rings (SSSR count). The number of primary amides is 1. The minimum atomic E-state index is -1.56. The van der Waals surface area contributed by atoms with Crippen LogP contribution in [-0.4, -0.2) is 32.1 Å². The lowest BCUT2D eigenvalue weighted by atomic mass is 10.0. The topological polar surface area (TPSA) is 163 Å². The van der Waals surface area contributed by atoms with Crippen molar-refractivity contribution in [3.8, 4) is 6.07 Å². The number of hydrogen-bond acceptors (Lipinski definition) is 7. The molecule has 9 heteroatoms. The zero-order chi connectivity index (χ0) is 14.6. The van der Waals surface area contributed by atoms with Crippen molar-refractivity contribution in [3.05, 3.63) is 33.6 Å². The van der Waals surface area contributed by atoms with Crippen molar-refractivity contribution in [1.29, 1.82) is 5.26 Å². The average molecular weight is 266 g/mol. The second kappa shape index (κ2) is 5.85. The lowest BCUT2D eigenvalue weighted by Crippen LogP contribution is -2.25. The van der Waals surface area contributed by atoms with E-state index in [2.05, 4.69) is 4.98 Å². The van der Waals surface area contributed by atoms with Crippen molar-refractivity contribution < 1.29 is 19.9 Å². The normalized spacial score (nSPS) is 13.3. The van der Waals surface area contributed by atoms with Gasteiger partial charge in [-0.1, -0.05) is 0 Å². The molecular weight excluding hydrogens is 256 g/mol. The molecule has 0 aliphatic heterocycles. The van der Waals surface area contributed by atoms with Crippen LogP contribution in [0.2, 0.25) is 0 Å². The predicted molar refractivity (Wildman–Crippen MR) is 60.4 cm³/mol. The first-order valence-corrected chi connectivity index (χ1v) is 5.05. The van der Waals surface area contributed by atoms with E-state index in [9.17, 15) is 25.1 Å².